The summed E-state index contributed by atoms with van der Waals surface area (Å²) in [6.07, 6.45) is 2.28. The van der Waals surface area contributed by atoms with E-state index in [4.69, 9.17) is 0 Å². The van der Waals surface area contributed by atoms with Gasteiger partial charge in [-0.2, -0.15) is 0 Å². The van der Waals surface area contributed by atoms with Crippen LogP contribution < -0.4 is 5.32 Å². The lowest BCUT2D eigenvalue weighted by atomic mass is 10.1. The largest absolute Gasteiger partial charge is 0.385 e. The third-order valence-electron chi connectivity index (χ3n) is 1.70. The smallest absolute Gasteiger partial charge is 0.255 e. The topological polar surface area (TPSA) is 12.0 Å². The van der Waals surface area contributed by atoms with E-state index in [2.05, 4.69) is 28.2 Å². The Hall–Kier alpha value is -0.380. The normalized spacial score (nSPS) is 13.6. The summed E-state index contributed by atoms with van der Waals surface area (Å²) in [7, 11) is 0. The zero-order valence-electron chi connectivity index (χ0n) is 8.49. The standard InChI is InChI=1S/C10H16BrF2N/c1-3-8(2)4-9(5-11)6-14-7-10(12)13/h4,6,10,14H,3,5,7H2,1-2H3/b8-4+,9-6+. The first-order valence-electron chi connectivity index (χ1n) is 4.53. The summed E-state index contributed by atoms with van der Waals surface area (Å²) in [5, 5.41) is 3.25. The Kier molecular flexibility index (Phi) is 7.76. The first-order chi connectivity index (χ1) is 6.60. The first kappa shape index (κ1) is 13.6. The van der Waals surface area contributed by atoms with Crippen molar-refractivity contribution >= 4 is 15.9 Å². The Morgan fingerprint density at radius 2 is 2.14 bits per heavy atom. The predicted octanol–water partition coefficient (Wildman–Crippen LogP) is 3.48. The molecule has 0 unspecified atom stereocenters. The number of nitrogens with one attached hydrogen (secondary N) is 1. The summed E-state index contributed by atoms with van der Waals surface area (Å²) in [4.78, 5) is 0. The Labute approximate surface area is 92.4 Å². The van der Waals surface area contributed by atoms with E-state index in [9.17, 15) is 8.78 Å². The van der Waals surface area contributed by atoms with Crippen LogP contribution in [0.2, 0.25) is 0 Å². The Balaban J connectivity index is 4.12. The highest BCUT2D eigenvalue weighted by Gasteiger charge is 1.98. The van der Waals surface area contributed by atoms with Crippen LogP contribution in [-0.4, -0.2) is 18.3 Å². The van der Waals surface area contributed by atoms with Crippen LogP contribution in [0.5, 0.6) is 0 Å². The molecule has 0 aromatic heterocycles. The van der Waals surface area contributed by atoms with Gasteiger partial charge in [0.15, 0.2) is 0 Å². The third kappa shape index (κ3) is 7.06. The van der Waals surface area contributed by atoms with Crippen molar-refractivity contribution in [3.05, 3.63) is 23.4 Å². The number of hydrogen-bond donors (Lipinski definition) is 1. The fraction of sp³-hybridized carbons (Fsp3) is 0.600. The van der Waals surface area contributed by atoms with Crippen LogP contribution in [0.15, 0.2) is 23.4 Å². The van der Waals surface area contributed by atoms with Gasteiger partial charge in [-0.15, -0.1) is 0 Å². The molecule has 0 saturated heterocycles. The molecule has 4 heteroatoms. The van der Waals surface area contributed by atoms with Crippen LogP contribution >= 0.6 is 15.9 Å². The van der Waals surface area contributed by atoms with Crippen LogP contribution in [0.4, 0.5) is 8.78 Å². The first-order valence-corrected chi connectivity index (χ1v) is 5.66. The molecule has 0 atom stereocenters. The van der Waals surface area contributed by atoms with Crippen LogP contribution in [0.3, 0.4) is 0 Å². The molecule has 0 bridgehead atoms. The van der Waals surface area contributed by atoms with Gasteiger partial charge >= 0.3 is 0 Å². The molecule has 0 saturated carbocycles. The van der Waals surface area contributed by atoms with Crippen molar-refractivity contribution in [2.45, 2.75) is 26.7 Å². The second kappa shape index (κ2) is 7.97. The molecule has 0 rings (SSSR count). The van der Waals surface area contributed by atoms with Crippen LogP contribution in [-0.2, 0) is 0 Å². The Morgan fingerprint density at radius 3 is 2.57 bits per heavy atom. The SMILES string of the molecule is CC/C(C)=C/C(=C\NCC(F)F)CBr. The molecule has 0 aromatic carbocycles. The molecule has 0 radical (unpaired) electrons. The minimum absolute atomic E-state index is 0.296. The van der Waals surface area contributed by atoms with Crippen molar-refractivity contribution in [3.8, 4) is 0 Å². The summed E-state index contributed by atoms with van der Waals surface area (Å²) in [6.45, 7) is 3.78. The molecule has 1 nitrogen and oxygen atoms in total. The third-order valence-corrected chi connectivity index (χ3v) is 2.35. The molecule has 14 heavy (non-hydrogen) atoms. The van der Waals surface area contributed by atoms with E-state index in [1.807, 2.05) is 13.0 Å². The molecule has 0 amide bonds. The molecule has 0 fully saturated rings. The molecule has 0 aliphatic heterocycles. The molecular weight excluding hydrogens is 252 g/mol. The summed E-state index contributed by atoms with van der Waals surface area (Å²) in [5.74, 6) is 0. The monoisotopic (exact) mass is 267 g/mol. The maximum absolute atomic E-state index is 11.8. The number of allylic oxidation sites excluding steroid dienone is 3. The summed E-state index contributed by atoms with van der Waals surface area (Å²) in [6, 6.07) is 0. The second-order valence-corrected chi connectivity index (χ2v) is 3.56. The van der Waals surface area contributed by atoms with Gasteiger partial charge < -0.3 is 5.32 Å². The van der Waals surface area contributed by atoms with E-state index < -0.39 is 6.43 Å². The molecule has 0 heterocycles. The Bertz CT molecular complexity index is 212. The van der Waals surface area contributed by atoms with Crippen molar-refractivity contribution in [3.63, 3.8) is 0 Å². The lowest BCUT2D eigenvalue weighted by molar-refractivity contribution is 0.150. The fourth-order valence-corrected chi connectivity index (χ4v) is 1.14. The molecular formula is C10H16BrF2N. The van der Waals surface area contributed by atoms with Gasteiger partial charge in [-0.05, 0) is 18.9 Å². The highest BCUT2D eigenvalue weighted by Crippen LogP contribution is 2.07. The molecule has 0 aromatic rings. The second-order valence-electron chi connectivity index (χ2n) is 3.00. The molecule has 0 spiro atoms. The number of rotatable bonds is 6. The van der Waals surface area contributed by atoms with Gasteiger partial charge in [0, 0.05) is 11.5 Å². The Morgan fingerprint density at radius 1 is 1.50 bits per heavy atom. The summed E-state index contributed by atoms with van der Waals surface area (Å²) in [5.41, 5.74) is 2.21. The molecule has 0 aliphatic rings. The van der Waals surface area contributed by atoms with Gasteiger partial charge in [0.25, 0.3) is 6.43 Å². The zero-order chi connectivity index (χ0) is 11.0. The van der Waals surface area contributed by atoms with E-state index in [1.54, 1.807) is 6.20 Å². The van der Waals surface area contributed by atoms with E-state index in [1.165, 1.54) is 5.57 Å². The van der Waals surface area contributed by atoms with Crippen LogP contribution in [0.1, 0.15) is 20.3 Å². The maximum atomic E-state index is 11.8. The minimum Gasteiger partial charge on any atom is -0.385 e. The number of alkyl halides is 3. The lowest BCUT2D eigenvalue weighted by Gasteiger charge is -2.02. The summed E-state index contributed by atoms with van der Waals surface area (Å²) < 4.78 is 23.6. The number of halogens is 3. The average molecular weight is 268 g/mol. The fourth-order valence-electron chi connectivity index (χ4n) is 0.816. The van der Waals surface area contributed by atoms with Gasteiger partial charge in [-0.3, -0.25) is 0 Å². The quantitative estimate of drug-likeness (QED) is 0.574. The molecule has 1 N–H and O–H groups in total. The van der Waals surface area contributed by atoms with E-state index in [0.717, 1.165) is 12.0 Å². The van der Waals surface area contributed by atoms with E-state index >= 15 is 0 Å². The van der Waals surface area contributed by atoms with E-state index in [0.29, 0.717) is 5.33 Å². The molecule has 0 aliphatic carbocycles. The van der Waals surface area contributed by atoms with Crippen molar-refractivity contribution in [2.24, 2.45) is 0 Å². The number of hydrogen-bond acceptors (Lipinski definition) is 1. The predicted molar refractivity (Wildman–Crippen MR) is 59.9 cm³/mol. The average Bonchev–Trinajstić information content (AvgIpc) is 2.15. The van der Waals surface area contributed by atoms with Gasteiger partial charge in [0.1, 0.15) is 0 Å². The van der Waals surface area contributed by atoms with Gasteiger partial charge in [0.05, 0.1) is 6.54 Å². The highest BCUT2D eigenvalue weighted by atomic mass is 79.9. The van der Waals surface area contributed by atoms with Gasteiger partial charge in [0.2, 0.25) is 0 Å². The van der Waals surface area contributed by atoms with Gasteiger partial charge in [-0.25, -0.2) is 8.78 Å². The molecule has 82 valence electrons. The lowest BCUT2D eigenvalue weighted by Crippen LogP contribution is -2.15. The van der Waals surface area contributed by atoms with E-state index in [-0.39, 0.29) is 6.54 Å². The zero-order valence-corrected chi connectivity index (χ0v) is 10.1. The van der Waals surface area contributed by atoms with Crippen molar-refractivity contribution in [1.82, 2.24) is 5.32 Å². The van der Waals surface area contributed by atoms with Gasteiger partial charge in [-0.1, -0.05) is 34.5 Å². The maximum Gasteiger partial charge on any atom is 0.255 e. The summed E-state index contributed by atoms with van der Waals surface area (Å²) >= 11 is 3.30. The van der Waals surface area contributed by atoms with Crippen molar-refractivity contribution in [2.75, 3.05) is 11.9 Å². The van der Waals surface area contributed by atoms with Crippen molar-refractivity contribution < 1.29 is 8.78 Å². The van der Waals surface area contributed by atoms with Crippen LogP contribution in [0.25, 0.3) is 0 Å². The van der Waals surface area contributed by atoms with Crippen molar-refractivity contribution in [1.29, 1.82) is 0 Å². The minimum atomic E-state index is -2.31. The van der Waals surface area contributed by atoms with Crippen LogP contribution in [0, 0.1) is 0 Å². The highest BCUT2D eigenvalue weighted by molar-refractivity contribution is 9.09.